The molecule has 22 heavy (non-hydrogen) atoms. The largest absolute Gasteiger partial charge is 0.454 e. The number of rotatable bonds is 1. The van der Waals surface area contributed by atoms with Crippen LogP contribution in [-0.2, 0) is 7.05 Å². The highest BCUT2D eigenvalue weighted by atomic mass is 16.7. The molecule has 0 bridgehead atoms. The molecule has 1 N–H and O–H groups in total. The molecule has 0 aliphatic carbocycles. The molecule has 9 nitrogen and oxygen atoms in total. The monoisotopic (exact) mass is 299 g/mol. The Morgan fingerprint density at radius 3 is 2.86 bits per heavy atom. The molecule has 0 atom stereocenters. The minimum Gasteiger partial charge on any atom is -0.454 e. The predicted molar refractivity (Wildman–Crippen MR) is 74.8 cm³/mol. The standard InChI is InChI=1S/C13H9N5O4/c1-18-11-9(12(19)15-13(18)20)14-10(16-17-11)6-2-3-7-8(4-6)22-5-21-7/h2-4H,5H2,1H3,(H,15,19,20). The highest BCUT2D eigenvalue weighted by molar-refractivity contribution is 5.71. The molecule has 0 saturated heterocycles. The normalized spacial score (nSPS) is 12.8. The van der Waals surface area contributed by atoms with E-state index in [-0.39, 0.29) is 23.8 Å². The SMILES string of the molecule is Cn1c(=O)[nH]c(=O)c2nc(-c3ccc4c(c3)OCO4)nnc21. The van der Waals surface area contributed by atoms with Crippen molar-refractivity contribution in [1.82, 2.24) is 24.7 Å². The van der Waals surface area contributed by atoms with Crippen molar-refractivity contribution in [3.63, 3.8) is 0 Å². The Bertz CT molecular complexity index is 1020. The number of aromatic nitrogens is 5. The van der Waals surface area contributed by atoms with Gasteiger partial charge in [0, 0.05) is 12.6 Å². The third-order valence-electron chi connectivity index (χ3n) is 3.36. The molecule has 0 saturated carbocycles. The lowest BCUT2D eigenvalue weighted by Gasteiger charge is -2.04. The van der Waals surface area contributed by atoms with Gasteiger partial charge in [0.1, 0.15) is 0 Å². The third-order valence-corrected chi connectivity index (χ3v) is 3.36. The van der Waals surface area contributed by atoms with Gasteiger partial charge in [0.25, 0.3) is 5.56 Å². The molecule has 0 amide bonds. The Hall–Kier alpha value is -3.23. The highest BCUT2D eigenvalue weighted by Gasteiger charge is 2.16. The van der Waals surface area contributed by atoms with Crippen LogP contribution in [0, 0.1) is 0 Å². The van der Waals surface area contributed by atoms with Crippen molar-refractivity contribution in [1.29, 1.82) is 0 Å². The van der Waals surface area contributed by atoms with Crippen molar-refractivity contribution in [2.45, 2.75) is 0 Å². The van der Waals surface area contributed by atoms with Gasteiger partial charge in [0.2, 0.25) is 6.79 Å². The summed E-state index contributed by atoms with van der Waals surface area (Å²) in [6.07, 6.45) is 0. The lowest BCUT2D eigenvalue weighted by molar-refractivity contribution is 0.174. The number of ether oxygens (including phenoxy) is 2. The maximum Gasteiger partial charge on any atom is 0.329 e. The van der Waals surface area contributed by atoms with Crippen LogP contribution in [0.3, 0.4) is 0 Å². The van der Waals surface area contributed by atoms with Crippen molar-refractivity contribution in [3.8, 4) is 22.9 Å². The van der Waals surface area contributed by atoms with E-state index in [2.05, 4.69) is 20.2 Å². The number of hydrogen-bond acceptors (Lipinski definition) is 7. The Labute approximate surface area is 122 Å². The van der Waals surface area contributed by atoms with E-state index in [9.17, 15) is 9.59 Å². The molecule has 9 heteroatoms. The van der Waals surface area contributed by atoms with Crippen LogP contribution in [0.5, 0.6) is 11.5 Å². The third kappa shape index (κ3) is 1.75. The van der Waals surface area contributed by atoms with Crippen LogP contribution >= 0.6 is 0 Å². The van der Waals surface area contributed by atoms with Gasteiger partial charge in [-0.1, -0.05) is 0 Å². The number of hydrogen-bond donors (Lipinski definition) is 1. The number of benzene rings is 1. The predicted octanol–water partition coefficient (Wildman–Crippen LogP) is -0.193. The fourth-order valence-corrected chi connectivity index (χ4v) is 2.19. The molecule has 3 aromatic rings. The molecular weight excluding hydrogens is 290 g/mol. The lowest BCUT2D eigenvalue weighted by Crippen LogP contribution is -2.29. The average Bonchev–Trinajstić information content (AvgIpc) is 3.00. The summed E-state index contributed by atoms with van der Waals surface area (Å²) in [6.45, 7) is 0.164. The summed E-state index contributed by atoms with van der Waals surface area (Å²) < 4.78 is 11.7. The van der Waals surface area contributed by atoms with E-state index >= 15 is 0 Å². The van der Waals surface area contributed by atoms with E-state index in [4.69, 9.17) is 9.47 Å². The average molecular weight is 299 g/mol. The van der Waals surface area contributed by atoms with Crippen molar-refractivity contribution in [2.75, 3.05) is 6.79 Å². The molecule has 2 aromatic heterocycles. The quantitative estimate of drug-likeness (QED) is 0.662. The molecule has 3 heterocycles. The van der Waals surface area contributed by atoms with Crippen LogP contribution in [0.15, 0.2) is 27.8 Å². The molecule has 4 rings (SSSR count). The Morgan fingerprint density at radius 2 is 2.00 bits per heavy atom. The van der Waals surface area contributed by atoms with Gasteiger partial charge >= 0.3 is 5.69 Å². The summed E-state index contributed by atoms with van der Waals surface area (Å²) in [5.41, 5.74) is -0.366. The van der Waals surface area contributed by atoms with Crippen LogP contribution in [-0.4, -0.2) is 31.5 Å². The van der Waals surface area contributed by atoms with Gasteiger partial charge in [-0.05, 0) is 18.2 Å². The zero-order chi connectivity index (χ0) is 15.3. The second kappa shape index (κ2) is 4.38. The zero-order valence-electron chi connectivity index (χ0n) is 11.4. The van der Waals surface area contributed by atoms with Crippen LogP contribution in [0.4, 0.5) is 0 Å². The van der Waals surface area contributed by atoms with Gasteiger partial charge in [0.15, 0.2) is 28.5 Å². The molecule has 110 valence electrons. The molecule has 1 aliphatic rings. The second-order valence-corrected chi connectivity index (χ2v) is 4.69. The Morgan fingerprint density at radius 1 is 1.18 bits per heavy atom. The summed E-state index contributed by atoms with van der Waals surface area (Å²) >= 11 is 0. The fourth-order valence-electron chi connectivity index (χ4n) is 2.19. The molecule has 1 aromatic carbocycles. The van der Waals surface area contributed by atoms with Crippen LogP contribution in [0.1, 0.15) is 0 Å². The van der Waals surface area contributed by atoms with E-state index in [0.717, 1.165) is 0 Å². The first-order valence-electron chi connectivity index (χ1n) is 6.37. The first-order chi connectivity index (χ1) is 10.6. The van der Waals surface area contributed by atoms with Gasteiger partial charge < -0.3 is 9.47 Å². The maximum absolute atomic E-state index is 11.9. The van der Waals surface area contributed by atoms with Crippen molar-refractivity contribution in [3.05, 3.63) is 39.0 Å². The maximum atomic E-state index is 11.9. The summed E-state index contributed by atoms with van der Waals surface area (Å²) in [7, 11) is 1.48. The van der Waals surface area contributed by atoms with E-state index in [1.54, 1.807) is 18.2 Å². The van der Waals surface area contributed by atoms with Gasteiger partial charge in [-0.25, -0.2) is 9.78 Å². The highest BCUT2D eigenvalue weighted by Crippen LogP contribution is 2.34. The molecule has 0 radical (unpaired) electrons. The summed E-state index contributed by atoms with van der Waals surface area (Å²) in [5, 5.41) is 7.91. The number of H-pyrrole nitrogens is 1. The van der Waals surface area contributed by atoms with Gasteiger partial charge in [-0.3, -0.25) is 14.3 Å². The van der Waals surface area contributed by atoms with Crippen molar-refractivity contribution < 1.29 is 9.47 Å². The molecule has 0 spiro atoms. The molecular formula is C13H9N5O4. The lowest BCUT2D eigenvalue weighted by atomic mass is 10.2. The van der Waals surface area contributed by atoms with E-state index in [1.165, 1.54) is 11.6 Å². The first-order valence-corrected chi connectivity index (χ1v) is 6.37. The molecule has 0 fully saturated rings. The number of aromatic amines is 1. The number of aryl methyl sites for hydroxylation is 1. The van der Waals surface area contributed by atoms with Gasteiger partial charge in [0.05, 0.1) is 0 Å². The topological polar surface area (TPSA) is 112 Å². The van der Waals surface area contributed by atoms with E-state index < -0.39 is 11.2 Å². The van der Waals surface area contributed by atoms with E-state index in [0.29, 0.717) is 17.1 Å². The van der Waals surface area contributed by atoms with Crippen molar-refractivity contribution in [2.24, 2.45) is 7.05 Å². The second-order valence-electron chi connectivity index (χ2n) is 4.69. The zero-order valence-corrected chi connectivity index (χ0v) is 11.4. The minimum atomic E-state index is -0.602. The molecule has 0 unspecified atom stereocenters. The first kappa shape index (κ1) is 12.5. The number of nitrogens with one attached hydrogen (secondary N) is 1. The number of fused-ring (bicyclic) bond motifs is 2. The summed E-state index contributed by atoms with van der Waals surface area (Å²) in [6, 6.07) is 5.18. The van der Waals surface area contributed by atoms with Gasteiger partial charge in [-0.15, -0.1) is 10.2 Å². The van der Waals surface area contributed by atoms with Crippen molar-refractivity contribution >= 4 is 11.2 Å². The van der Waals surface area contributed by atoms with Crippen LogP contribution in [0.2, 0.25) is 0 Å². The van der Waals surface area contributed by atoms with Gasteiger partial charge in [-0.2, -0.15) is 0 Å². The summed E-state index contributed by atoms with van der Waals surface area (Å²) in [5.74, 6) is 1.48. The van der Waals surface area contributed by atoms with Crippen LogP contribution < -0.4 is 20.7 Å². The van der Waals surface area contributed by atoms with Crippen LogP contribution in [0.25, 0.3) is 22.6 Å². The summed E-state index contributed by atoms with van der Waals surface area (Å²) in [4.78, 5) is 29.8. The minimum absolute atomic E-state index is 0.0461. The Balaban J connectivity index is 1.93. The smallest absolute Gasteiger partial charge is 0.329 e. The Kier molecular flexibility index (Phi) is 2.49. The fraction of sp³-hybridized carbons (Fsp3) is 0.154. The number of nitrogens with zero attached hydrogens (tertiary/aromatic N) is 4. The molecule has 1 aliphatic heterocycles. The van der Waals surface area contributed by atoms with E-state index in [1.807, 2.05) is 0 Å².